The Morgan fingerprint density at radius 1 is 1.00 bits per heavy atom. The zero-order chi connectivity index (χ0) is 18.9. The minimum absolute atomic E-state index is 0.0600. The van der Waals surface area contributed by atoms with Gasteiger partial charge in [0.25, 0.3) is 0 Å². The second-order valence-corrected chi connectivity index (χ2v) is 13.0. The fourth-order valence-electron chi connectivity index (χ4n) is 4.66. The molecule has 1 aromatic heterocycles. The number of hydrogen-bond donors (Lipinski definition) is 0. The van der Waals surface area contributed by atoms with E-state index in [1.165, 1.54) is 45.0 Å². The molecular weight excluding hydrogens is 330 g/mol. The predicted octanol–water partition coefficient (Wildman–Crippen LogP) is 6.27. The molecule has 0 saturated heterocycles. The molecular formula is C24H31NSi. The summed E-state index contributed by atoms with van der Waals surface area (Å²) >= 11 is 0. The lowest BCUT2D eigenvalue weighted by molar-refractivity contribution is 0.591. The number of rotatable bonds is 2. The molecule has 26 heavy (non-hydrogen) atoms. The summed E-state index contributed by atoms with van der Waals surface area (Å²) in [4.78, 5) is 0. The molecule has 3 aromatic rings. The number of nitrogens with zero attached hydrogens (tertiary/aromatic N) is 1. The van der Waals surface area contributed by atoms with Crippen molar-refractivity contribution in [1.29, 1.82) is 0 Å². The van der Waals surface area contributed by atoms with Crippen LogP contribution in [0.5, 0.6) is 0 Å². The first-order valence-corrected chi connectivity index (χ1v) is 13.0. The Labute approximate surface area is 159 Å². The monoisotopic (exact) mass is 361 g/mol. The van der Waals surface area contributed by atoms with Crippen molar-refractivity contribution in [3.63, 3.8) is 0 Å². The van der Waals surface area contributed by atoms with E-state index in [-0.39, 0.29) is 10.8 Å². The summed E-state index contributed by atoms with van der Waals surface area (Å²) in [6, 6.07) is 16.2. The van der Waals surface area contributed by atoms with Crippen LogP contribution in [0.15, 0.2) is 42.5 Å². The van der Waals surface area contributed by atoms with Crippen LogP contribution in [0, 0.1) is 0 Å². The van der Waals surface area contributed by atoms with E-state index < -0.39 is 8.80 Å². The second-order valence-electron chi connectivity index (χ2n) is 9.88. The fraction of sp³-hybridized carbons (Fsp3) is 0.417. The van der Waals surface area contributed by atoms with Gasteiger partial charge in [0.1, 0.15) is 0 Å². The first-order chi connectivity index (χ1) is 12.1. The predicted molar refractivity (Wildman–Crippen MR) is 117 cm³/mol. The van der Waals surface area contributed by atoms with Gasteiger partial charge in [-0.3, -0.25) is 0 Å². The molecule has 0 bridgehead atoms. The lowest BCUT2D eigenvalue weighted by Gasteiger charge is -2.23. The molecule has 4 rings (SSSR count). The van der Waals surface area contributed by atoms with Crippen molar-refractivity contribution in [3.8, 4) is 11.3 Å². The lowest BCUT2D eigenvalue weighted by atomic mass is 9.80. The van der Waals surface area contributed by atoms with Crippen molar-refractivity contribution in [2.45, 2.75) is 64.7 Å². The van der Waals surface area contributed by atoms with Gasteiger partial charge in [-0.05, 0) is 34.2 Å². The summed E-state index contributed by atoms with van der Waals surface area (Å²) < 4.78 is 2.64. The maximum absolute atomic E-state index is 2.64. The molecule has 1 nitrogen and oxygen atoms in total. The zero-order valence-corrected chi connectivity index (χ0v) is 18.4. The maximum Gasteiger partial charge on any atom is 0.0541 e. The van der Waals surface area contributed by atoms with Gasteiger partial charge in [-0.1, -0.05) is 78.0 Å². The first-order valence-electron chi connectivity index (χ1n) is 9.89. The van der Waals surface area contributed by atoms with Crippen LogP contribution in [0.25, 0.3) is 22.2 Å². The molecule has 0 spiro atoms. The van der Waals surface area contributed by atoms with Crippen LogP contribution < -0.4 is 0 Å². The van der Waals surface area contributed by atoms with E-state index in [2.05, 4.69) is 94.7 Å². The SMILES string of the molecule is C[SiH](C)Cn1c2c(c3cc(C(C)(C)C)ccc31)C(C)(C)c1ccccc1-2. The molecule has 1 aliphatic carbocycles. The quantitative estimate of drug-likeness (QED) is 0.474. The molecule has 0 saturated carbocycles. The summed E-state index contributed by atoms with van der Waals surface area (Å²) in [5.74, 6) is 0. The number of fused-ring (bicyclic) bond motifs is 5. The largest absolute Gasteiger partial charge is 0.344 e. The molecule has 2 heteroatoms. The average Bonchev–Trinajstić information content (AvgIpc) is 2.99. The Morgan fingerprint density at radius 3 is 2.35 bits per heavy atom. The van der Waals surface area contributed by atoms with E-state index in [1.54, 1.807) is 0 Å². The Hall–Kier alpha value is -1.80. The van der Waals surface area contributed by atoms with Gasteiger partial charge in [0.15, 0.2) is 0 Å². The van der Waals surface area contributed by atoms with Crippen LogP contribution in [0.3, 0.4) is 0 Å². The maximum atomic E-state index is 2.64. The normalized spacial score (nSPS) is 15.5. The third kappa shape index (κ3) is 2.42. The highest BCUT2D eigenvalue weighted by atomic mass is 28.3. The Bertz CT molecular complexity index is 999. The summed E-state index contributed by atoms with van der Waals surface area (Å²) in [6.45, 7) is 16.6. The molecule has 1 heterocycles. The van der Waals surface area contributed by atoms with Crippen molar-refractivity contribution < 1.29 is 0 Å². The Kier molecular flexibility index (Phi) is 3.79. The van der Waals surface area contributed by atoms with Crippen molar-refractivity contribution in [2.75, 3.05) is 0 Å². The molecule has 0 atom stereocenters. The van der Waals surface area contributed by atoms with Crippen molar-refractivity contribution >= 4 is 19.7 Å². The third-order valence-electron chi connectivity index (χ3n) is 5.96. The minimum Gasteiger partial charge on any atom is -0.344 e. The summed E-state index contributed by atoms with van der Waals surface area (Å²) in [7, 11) is -0.746. The molecule has 0 aliphatic heterocycles. The van der Waals surface area contributed by atoms with Gasteiger partial charge >= 0.3 is 0 Å². The van der Waals surface area contributed by atoms with E-state index in [0.717, 1.165) is 0 Å². The molecule has 0 unspecified atom stereocenters. The zero-order valence-electron chi connectivity index (χ0n) is 17.3. The van der Waals surface area contributed by atoms with Crippen LogP contribution in [0.2, 0.25) is 13.1 Å². The standard InChI is InChI=1S/C24H31NSi/c1-23(2,3)16-12-13-20-18(14-16)21-22(25(20)15-26(6)7)17-10-8-9-11-19(17)24(21,4)5/h8-14,26H,15H2,1-7H3. The topological polar surface area (TPSA) is 4.93 Å². The first kappa shape index (κ1) is 17.6. The third-order valence-corrected chi connectivity index (χ3v) is 7.05. The van der Waals surface area contributed by atoms with Crippen LogP contribution in [-0.2, 0) is 17.0 Å². The summed E-state index contributed by atoms with van der Waals surface area (Å²) in [6.07, 6.45) is 1.20. The van der Waals surface area contributed by atoms with Crippen molar-refractivity contribution in [2.24, 2.45) is 0 Å². The van der Waals surface area contributed by atoms with E-state index in [4.69, 9.17) is 0 Å². The summed E-state index contributed by atoms with van der Waals surface area (Å²) in [5, 5.41) is 1.46. The number of aromatic nitrogens is 1. The van der Waals surface area contributed by atoms with Crippen LogP contribution in [0.4, 0.5) is 0 Å². The Balaban J connectivity index is 2.12. The molecule has 136 valence electrons. The molecule has 1 aliphatic rings. The van der Waals surface area contributed by atoms with E-state index >= 15 is 0 Å². The minimum atomic E-state index is -0.746. The van der Waals surface area contributed by atoms with Gasteiger partial charge in [0, 0.05) is 28.0 Å². The Morgan fingerprint density at radius 2 is 1.69 bits per heavy atom. The lowest BCUT2D eigenvalue weighted by Crippen LogP contribution is -2.15. The van der Waals surface area contributed by atoms with Gasteiger partial charge in [-0.25, -0.2) is 0 Å². The molecule has 0 fully saturated rings. The van der Waals surface area contributed by atoms with Gasteiger partial charge < -0.3 is 4.57 Å². The van der Waals surface area contributed by atoms with Crippen molar-refractivity contribution in [1.82, 2.24) is 4.57 Å². The summed E-state index contributed by atoms with van der Waals surface area (Å²) in [5.41, 5.74) is 9.02. The smallest absolute Gasteiger partial charge is 0.0541 e. The van der Waals surface area contributed by atoms with Crippen molar-refractivity contribution in [3.05, 3.63) is 59.2 Å². The molecule has 0 N–H and O–H groups in total. The van der Waals surface area contributed by atoms with Crippen LogP contribution >= 0.6 is 0 Å². The van der Waals surface area contributed by atoms with Gasteiger partial charge in [-0.15, -0.1) is 0 Å². The number of benzene rings is 2. The average molecular weight is 362 g/mol. The van der Waals surface area contributed by atoms with Crippen LogP contribution in [0.1, 0.15) is 51.3 Å². The highest BCUT2D eigenvalue weighted by molar-refractivity contribution is 6.54. The van der Waals surface area contributed by atoms with E-state index in [0.29, 0.717) is 0 Å². The second kappa shape index (κ2) is 5.59. The highest BCUT2D eigenvalue weighted by Crippen LogP contribution is 2.53. The highest BCUT2D eigenvalue weighted by Gasteiger charge is 2.40. The van der Waals surface area contributed by atoms with Crippen LogP contribution in [-0.4, -0.2) is 13.4 Å². The molecule has 2 aromatic carbocycles. The molecule has 0 radical (unpaired) electrons. The van der Waals surface area contributed by atoms with Gasteiger partial charge in [0.2, 0.25) is 0 Å². The van der Waals surface area contributed by atoms with E-state index in [9.17, 15) is 0 Å². The fourth-order valence-corrected chi connectivity index (χ4v) is 5.77. The molecule has 0 amide bonds. The number of hydrogen-bond acceptors (Lipinski definition) is 0. The van der Waals surface area contributed by atoms with Gasteiger partial charge in [-0.2, -0.15) is 0 Å². The van der Waals surface area contributed by atoms with Gasteiger partial charge in [0.05, 0.1) is 14.5 Å². The van der Waals surface area contributed by atoms with E-state index in [1.807, 2.05) is 0 Å².